The molecule has 6 heteroatoms. The third-order valence-electron chi connectivity index (χ3n) is 4.12. The maximum atomic E-state index is 12.3. The second-order valence-corrected chi connectivity index (χ2v) is 6.07. The number of nitrogens with one attached hydrogen (secondary N) is 1. The van der Waals surface area contributed by atoms with E-state index in [1.54, 1.807) is 31.4 Å². The van der Waals surface area contributed by atoms with Crippen LogP contribution in [0.4, 0.5) is 0 Å². The summed E-state index contributed by atoms with van der Waals surface area (Å²) in [6.45, 7) is 0.131. The van der Waals surface area contributed by atoms with Crippen molar-refractivity contribution in [3.8, 4) is 23.0 Å². The lowest BCUT2D eigenvalue weighted by molar-refractivity contribution is 0.294. The lowest BCUT2D eigenvalue weighted by Crippen LogP contribution is -2.13. The van der Waals surface area contributed by atoms with Crippen molar-refractivity contribution in [1.82, 2.24) is 9.97 Å². The fourth-order valence-electron chi connectivity index (χ4n) is 2.77. The molecule has 0 aliphatic heterocycles. The Morgan fingerprint density at radius 1 is 0.857 bits per heavy atom. The first-order valence-corrected chi connectivity index (χ1v) is 8.74. The van der Waals surface area contributed by atoms with E-state index in [4.69, 9.17) is 14.2 Å². The first kappa shape index (κ1) is 17.6. The number of hydrogen-bond donors (Lipinski definition) is 1. The Morgan fingerprint density at radius 2 is 1.64 bits per heavy atom. The van der Waals surface area contributed by atoms with Gasteiger partial charge in [-0.2, -0.15) is 0 Å². The number of H-pyrrole nitrogens is 1. The highest BCUT2D eigenvalue weighted by molar-refractivity contribution is 5.79. The van der Waals surface area contributed by atoms with E-state index in [1.807, 2.05) is 48.5 Å². The monoisotopic (exact) mass is 374 g/mol. The minimum atomic E-state index is -0.233. The number of ether oxygens (including phenoxy) is 3. The van der Waals surface area contributed by atoms with Gasteiger partial charge in [0, 0.05) is 6.07 Å². The van der Waals surface area contributed by atoms with Gasteiger partial charge in [-0.25, -0.2) is 4.98 Å². The molecule has 0 aliphatic carbocycles. The Kier molecular flexibility index (Phi) is 4.93. The van der Waals surface area contributed by atoms with Gasteiger partial charge in [-0.1, -0.05) is 24.3 Å². The Labute approximate surface area is 161 Å². The molecule has 0 saturated carbocycles. The molecule has 4 aromatic rings. The highest BCUT2D eigenvalue weighted by atomic mass is 16.5. The molecule has 0 spiro atoms. The number of rotatable bonds is 6. The van der Waals surface area contributed by atoms with Crippen LogP contribution in [0, 0.1) is 0 Å². The van der Waals surface area contributed by atoms with Crippen molar-refractivity contribution >= 4 is 10.9 Å². The Hall–Kier alpha value is -3.80. The minimum Gasteiger partial charge on any atom is -0.497 e. The number of hydrogen-bond acceptors (Lipinski definition) is 5. The summed E-state index contributed by atoms with van der Waals surface area (Å²) in [5.74, 6) is 3.08. The van der Waals surface area contributed by atoms with Crippen LogP contribution >= 0.6 is 0 Å². The Bertz CT molecular complexity index is 1160. The number of fused-ring (bicyclic) bond motifs is 1. The molecule has 0 radical (unpaired) electrons. The molecule has 28 heavy (non-hydrogen) atoms. The molecular formula is C22H18N2O4. The summed E-state index contributed by atoms with van der Waals surface area (Å²) in [5, 5.41) is 0.473. The summed E-state index contributed by atoms with van der Waals surface area (Å²) in [5.41, 5.74) is 0.355. The largest absolute Gasteiger partial charge is 0.497 e. The minimum absolute atomic E-state index is 0.131. The average molecular weight is 374 g/mol. The zero-order valence-electron chi connectivity index (χ0n) is 15.2. The highest BCUT2D eigenvalue weighted by Gasteiger charge is 2.07. The van der Waals surface area contributed by atoms with Gasteiger partial charge in [0.15, 0.2) is 0 Å². The van der Waals surface area contributed by atoms with Gasteiger partial charge in [-0.05, 0) is 42.5 Å². The lowest BCUT2D eigenvalue weighted by Gasteiger charge is -2.09. The molecule has 4 rings (SSSR count). The van der Waals surface area contributed by atoms with Gasteiger partial charge in [0.2, 0.25) is 0 Å². The molecule has 0 amide bonds. The smallest absolute Gasteiger partial charge is 0.258 e. The fraction of sp³-hybridized carbons (Fsp3) is 0.0909. The predicted molar refractivity (Wildman–Crippen MR) is 106 cm³/mol. The molecule has 0 unspecified atom stereocenters. The van der Waals surface area contributed by atoms with E-state index in [0.29, 0.717) is 34.0 Å². The normalized spacial score (nSPS) is 10.6. The predicted octanol–water partition coefficient (Wildman–Crippen LogP) is 4.30. The number of aromatic nitrogens is 2. The van der Waals surface area contributed by atoms with E-state index in [9.17, 15) is 4.79 Å². The zero-order chi connectivity index (χ0) is 19.3. The van der Waals surface area contributed by atoms with Crippen LogP contribution in [0.3, 0.4) is 0 Å². The van der Waals surface area contributed by atoms with Crippen LogP contribution in [0.25, 0.3) is 10.9 Å². The van der Waals surface area contributed by atoms with Crippen LogP contribution < -0.4 is 19.8 Å². The van der Waals surface area contributed by atoms with E-state index in [1.165, 1.54) is 0 Å². The number of methoxy groups -OCH3 is 1. The molecule has 140 valence electrons. The SMILES string of the molecule is COc1ccc2nc(COc3cccc(Oc4ccccc4)c3)[nH]c(=O)c2c1. The van der Waals surface area contributed by atoms with Crippen LogP contribution in [0.5, 0.6) is 23.0 Å². The molecule has 6 nitrogen and oxygen atoms in total. The molecule has 0 bridgehead atoms. The number of nitrogens with zero attached hydrogens (tertiary/aromatic N) is 1. The van der Waals surface area contributed by atoms with Gasteiger partial charge in [0.05, 0.1) is 18.0 Å². The molecule has 1 N–H and O–H groups in total. The Morgan fingerprint density at radius 3 is 2.46 bits per heavy atom. The first-order chi connectivity index (χ1) is 13.7. The Balaban J connectivity index is 1.50. The molecule has 0 atom stereocenters. The van der Waals surface area contributed by atoms with Crippen LogP contribution in [0.1, 0.15) is 5.82 Å². The second-order valence-electron chi connectivity index (χ2n) is 6.07. The van der Waals surface area contributed by atoms with Crippen LogP contribution in [0.2, 0.25) is 0 Å². The van der Waals surface area contributed by atoms with Crippen molar-refractivity contribution in [3.63, 3.8) is 0 Å². The quantitative estimate of drug-likeness (QED) is 0.545. The van der Waals surface area contributed by atoms with Crippen LogP contribution in [0.15, 0.2) is 77.6 Å². The molecular weight excluding hydrogens is 356 g/mol. The summed E-state index contributed by atoms with van der Waals surface area (Å²) < 4.78 is 16.7. The molecule has 0 aliphatic rings. The van der Waals surface area contributed by atoms with Crippen molar-refractivity contribution < 1.29 is 14.2 Å². The van der Waals surface area contributed by atoms with Crippen molar-refractivity contribution in [1.29, 1.82) is 0 Å². The second kappa shape index (κ2) is 7.84. The van der Waals surface area contributed by atoms with E-state index < -0.39 is 0 Å². The average Bonchev–Trinajstić information content (AvgIpc) is 2.73. The van der Waals surface area contributed by atoms with Crippen molar-refractivity contribution in [2.45, 2.75) is 6.61 Å². The maximum Gasteiger partial charge on any atom is 0.258 e. The molecule has 3 aromatic carbocycles. The van der Waals surface area contributed by atoms with Gasteiger partial charge in [-0.3, -0.25) is 4.79 Å². The maximum absolute atomic E-state index is 12.3. The summed E-state index contributed by atoms with van der Waals surface area (Å²) in [6, 6.07) is 22.0. The van der Waals surface area contributed by atoms with Crippen molar-refractivity contribution in [3.05, 3.63) is 89.0 Å². The summed E-state index contributed by atoms with van der Waals surface area (Å²) in [6.07, 6.45) is 0. The summed E-state index contributed by atoms with van der Waals surface area (Å²) in [4.78, 5) is 19.5. The lowest BCUT2D eigenvalue weighted by atomic mass is 10.2. The van der Waals surface area contributed by atoms with Gasteiger partial charge >= 0.3 is 0 Å². The van der Waals surface area contributed by atoms with Crippen molar-refractivity contribution in [2.24, 2.45) is 0 Å². The van der Waals surface area contributed by atoms with Gasteiger partial charge in [0.1, 0.15) is 35.4 Å². The summed E-state index contributed by atoms with van der Waals surface area (Å²) >= 11 is 0. The van der Waals surface area contributed by atoms with E-state index in [2.05, 4.69) is 9.97 Å². The van der Waals surface area contributed by atoms with Crippen molar-refractivity contribution in [2.75, 3.05) is 7.11 Å². The van der Waals surface area contributed by atoms with Gasteiger partial charge in [0.25, 0.3) is 5.56 Å². The standard InChI is InChI=1S/C22H18N2O4/c1-26-16-10-11-20-19(13-16)22(25)24-21(23-20)14-27-17-8-5-9-18(12-17)28-15-6-3-2-4-7-15/h2-13H,14H2,1H3,(H,23,24,25). The summed E-state index contributed by atoms with van der Waals surface area (Å²) in [7, 11) is 1.56. The van der Waals surface area contributed by atoms with E-state index in [0.717, 1.165) is 5.75 Å². The zero-order valence-corrected chi connectivity index (χ0v) is 15.2. The number of benzene rings is 3. The number of para-hydroxylation sites is 1. The van der Waals surface area contributed by atoms with E-state index in [-0.39, 0.29) is 12.2 Å². The highest BCUT2D eigenvalue weighted by Crippen LogP contribution is 2.25. The fourth-order valence-corrected chi connectivity index (χ4v) is 2.77. The van der Waals surface area contributed by atoms with E-state index >= 15 is 0 Å². The topological polar surface area (TPSA) is 73.4 Å². The van der Waals surface area contributed by atoms with Gasteiger partial charge in [-0.15, -0.1) is 0 Å². The first-order valence-electron chi connectivity index (χ1n) is 8.74. The number of aromatic amines is 1. The van der Waals surface area contributed by atoms with Crippen LogP contribution in [-0.4, -0.2) is 17.1 Å². The molecule has 0 saturated heterocycles. The molecule has 1 aromatic heterocycles. The van der Waals surface area contributed by atoms with Crippen LogP contribution in [-0.2, 0) is 6.61 Å². The third-order valence-corrected chi connectivity index (χ3v) is 4.12. The molecule has 1 heterocycles. The molecule has 0 fully saturated rings. The third kappa shape index (κ3) is 3.96. The van der Waals surface area contributed by atoms with Gasteiger partial charge < -0.3 is 19.2 Å².